The average molecular weight is 595 g/mol. The van der Waals surface area contributed by atoms with Crippen LogP contribution in [0.4, 0.5) is 0 Å². The Kier molecular flexibility index (Phi) is 8.33. The van der Waals surface area contributed by atoms with Crippen molar-refractivity contribution in [3.8, 4) is 0 Å². The van der Waals surface area contributed by atoms with Gasteiger partial charge in [0.15, 0.2) is 0 Å². The molecule has 1 saturated carbocycles. The van der Waals surface area contributed by atoms with Crippen molar-refractivity contribution in [3.05, 3.63) is 67.2 Å². The highest BCUT2D eigenvalue weighted by Crippen LogP contribution is 2.59. The van der Waals surface area contributed by atoms with Crippen LogP contribution in [0.25, 0.3) is 0 Å². The molecule has 2 aromatic rings. The summed E-state index contributed by atoms with van der Waals surface area (Å²) in [6, 6.07) is 6.92. The van der Waals surface area contributed by atoms with Gasteiger partial charge in [0.2, 0.25) is 0 Å². The first-order valence-corrected chi connectivity index (χ1v) is 14.2. The van der Waals surface area contributed by atoms with E-state index in [2.05, 4.69) is 6.92 Å². The van der Waals surface area contributed by atoms with Crippen LogP contribution in [-0.4, -0.2) is 43.5 Å². The van der Waals surface area contributed by atoms with Crippen molar-refractivity contribution in [2.24, 2.45) is 11.3 Å². The van der Waals surface area contributed by atoms with Gasteiger partial charge in [-0.1, -0.05) is 74.1 Å². The Morgan fingerprint density at radius 1 is 1.00 bits per heavy atom. The Morgan fingerprint density at radius 2 is 1.64 bits per heavy atom. The first kappa shape index (κ1) is 29.7. The smallest absolute Gasteiger partial charge is 0.337 e. The van der Waals surface area contributed by atoms with Crippen LogP contribution in [0.3, 0.4) is 0 Å². The minimum atomic E-state index is -0.865. The number of fused-ring (bicyclic) bond motifs is 3. The average Bonchev–Trinajstić information content (AvgIpc) is 3.00. The third-order valence-electron chi connectivity index (χ3n) is 8.74. The summed E-state index contributed by atoms with van der Waals surface area (Å²) in [6.45, 7) is 8.42. The monoisotopic (exact) mass is 593 g/mol. The van der Waals surface area contributed by atoms with Crippen LogP contribution in [0.1, 0.15) is 90.3 Å². The van der Waals surface area contributed by atoms with Crippen molar-refractivity contribution < 1.29 is 23.9 Å². The minimum Gasteiger partial charge on any atom is -0.469 e. The third kappa shape index (κ3) is 4.83. The molecule has 210 valence electrons. The van der Waals surface area contributed by atoms with E-state index in [1.807, 2.05) is 20.8 Å². The van der Waals surface area contributed by atoms with E-state index in [-0.39, 0.29) is 36.8 Å². The fourth-order valence-corrected chi connectivity index (χ4v) is 8.01. The predicted molar refractivity (Wildman–Crippen MR) is 153 cm³/mol. The zero-order valence-electron chi connectivity index (χ0n) is 23.1. The predicted octanol–water partition coefficient (Wildman–Crippen LogP) is 7.45. The number of esters is 2. The second-order valence-electron chi connectivity index (χ2n) is 11.4. The number of benzene rings is 2. The Morgan fingerprint density at radius 3 is 2.21 bits per heavy atom. The maximum atomic E-state index is 14.4. The number of ether oxygens (including phenoxy) is 2. The van der Waals surface area contributed by atoms with Gasteiger partial charge in [-0.05, 0) is 54.5 Å². The summed E-state index contributed by atoms with van der Waals surface area (Å²) in [6.07, 6.45) is 2.08. The van der Waals surface area contributed by atoms with Gasteiger partial charge in [0, 0.05) is 24.4 Å². The molecule has 1 aliphatic heterocycles. The van der Waals surface area contributed by atoms with E-state index in [0.717, 1.165) is 12.0 Å². The molecule has 6 nitrogen and oxygen atoms in total. The van der Waals surface area contributed by atoms with E-state index in [1.165, 1.54) is 14.2 Å². The van der Waals surface area contributed by atoms with E-state index in [9.17, 15) is 14.4 Å². The number of rotatable bonds is 5. The molecule has 1 aliphatic carbocycles. The van der Waals surface area contributed by atoms with Crippen molar-refractivity contribution in [3.63, 3.8) is 0 Å². The van der Waals surface area contributed by atoms with Gasteiger partial charge < -0.3 is 14.4 Å². The molecule has 9 heteroatoms. The first-order valence-electron chi connectivity index (χ1n) is 13.1. The lowest BCUT2D eigenvalue weighted by Crippen LogP contribution is -2.54. The Hall–Kier alpha value is -2.28. The van der Waals surface area contributed by atoms with Crippen molar-refractivity contribution >= 4 is 52.6 Å². The second-order valence-corrected chi connectivity index (χ2v) is 12.5. The molecular weight excluding hydrogens is 561 g/mol. The lowest BCUT2D eigenvalue weighted by atomic mass is 9.53. The highest BCUT2D eigenvalue weighted by Gasteiger charge is 2.58. The number of halogens is 3. The van der Waals surface area contributed by atoms with Gasteiger partial charge in [-0.2, -0.15) is 0 Å². The number of carbonyl (C=O) groups excluding carboxylic acids is 3. The molecule has 0 unspecified atom stereocenters. The highest BCUT2D eigenvalue weighted by atomic mass is 35.5. The quantitative estimate of drug-likeness (QED) is 0.266. The highest BCUT2D eigenvalue weighted by molar-refractivity contribution is 6.46. The van der Waals surface area contributed by atoms with Crippen LogP contribution < -0.4 is 0 Å². The van der Waals surface area contributed by atoms with Crippen LogP contribution in [0, 0.1) is 11.3 Å². The maximum absolute atomic E-state index is 14.4. The van der Waals surface area contributed by atoms with Crippen LogP contribution in [0.15, 0.2) is 24.3 Å². The molecule has 0 bridgehead atoms. The molecule has 0 spiro atoms. The first-order chi connectivity index (χ1) is 18.3. The topological polar surface area (TPSA) is 72.9 Å². The SMILES string of the molecule is COC(=O)c1ccc(CN2C[C@H]3[C@](C)(C(=O)OC)CCC[C@]3(C)c3c(Cl)c(Cl)c(C(C)C)c(Cl)c3C2=O)cc1. The van der Waals surface area contributed by atoms with E-state index in [4.69, 9.17) is 44.3 Å². The third-order valence-corrected chi connectivity index (χ3v) is 10.00. The van der Waals surface area contributed by atoms with Crippen LogP contribution in [0.2, 0.25) is 15.1 Å². The molecule has 39 heavy (non-hydrogen) atoms. The summed E-state index contributed by atoms with van der Waals surface area (Å²) in [5.74, 6) is -1.41. The number of hydrogen-bond donors (Lipinski definition) is 0. The Balaban J connectivity index is 1.95. The molecule has 0 aromatic heterocycles. The number of methoxy groups -OCH3 is 2. The van der Waals surface area contributed by atoms with Gasteiger partial charge in [-0.3, -0.25) is 9.59 Å². The zero-order chi connectivity index (χ0) is 28.9. The van der Waals surface area contributed by atoms with E-state index < -0.39 is 16.8 Å². The normalized spacial score (nSPS) is 24.6. The summed E-state index contributed by atoms with van der Waals surface area (Å²) in [7, 11) is 2.72. The summed E-state index contributed by atoms with van der Waals surface area (Å²) in [5.41, 5.74) is 1.28. The number of carbonyl (C=O) groups is 3. The number of hydrogen-bond acceptors (Lipinski definition) is 5. The van der Waals surface area contributed by atoms with E-state index in [1.54, 1.807) is 29.2 Å². The fraction of sp³-hybridized carbons (Fsp3) is 0.500. The minimum absolute atomic E-state index is 0.0709. The standard InChI is InChI=1S/C30H34Cl3NO5/c1-16(2)20-23(31)21-22(25(33)24(20)32)29(3)12-7-13-30(4,28(37)39-6)19(29)15-34(26(21)35)14-17-8-10-18(11-9-17)27(36)38-5/h8-11,16,19H,7,12-15H2,1-6H3/t19-,29+,30-/m1/s1. The van der Waals surface area contributed by atoms with Crippen LogP contribution >= 0.6 is 34.8 Å². The van der Waals surface area contributed by atoms with Gasteiger partial charge >= 0.3 is 11.9 Å². The maximum Gasteiger partial charge on any atom is 0.337 e. The van der Waals surface area contributed by atoms with Crippen LogP contribution in [-0.2, 0) is 26.2 Å². The molecule has 2 aromatic carbocycles. The molecule has 2 aliphatic rings. The van der Waals surface area contributed by atoms with Gasteiger partial charge in [0.25, 0.3) is 5.91 Å². The summed E-state index contributed by atoms with van der Waals surface area (Å²) >= 11 is 20.9. The number of amides is 1. The zero-order valence-corrected chi connectivity index (χ0v) is 25.4. The van der Waals surface area contributed by atoms with Crippen molar-refractivity contribution in [2.75, 3.05) is 20.8 Å². The summed E-state index contributed by atoms with van der Waals surface area (Å²) in [5, 5.41) is 0.969. The Labute approximate surface area is 244 Å². The van der Waals surface area contributed by atoms with Crippen LogP contribution in [0.5, 0.6) is 0 Å². The second kappa shape index (κ2) is 10.9. The lowest BCUT2D eigenvalue weighted by molar-refractivity contribution is -0.161. The molecule has 1 fully saturated rings. The summed E-state index contributed by atoms with van der Waals surface area (Å²) < 4.78 is 10.1. The molecule has 4 rings (SSSR count). The molecule has 1 amide bonds. The van der Waals surface area contributed by atoms with Crippen molar-refractivity contribution in [1.29, 1.82) is 0 Å². The van der Waals surface area contributed by atoms with Gasteiger partial charge in [0.05, 0.1) is 45.8 Å². The summed E-state index contributed by atoms with van der Waals surface area (Å²) in [4.78, 5) is 41.4. The number of nitrogens with zero attached hydrogens (tertiary/aromatic N) is 1. The molecule has 1 heterocycles. The van der Waals surface area contributed by atoms with E-state index in [0.29, 0.717) is 50.2 Å². The molecule has 0 radical (unpaired) electrons. The molecule has 3 atom stereocenters. The van der Waals surface area contributed by atoms with E-state index >= 15 is 0 Å². The van der Waals surface area contributed by atoms with Gasteiger partial charge in [0.1, 0.15) is 0 Å². The van der Waals surface area contributed by atoms with Crippen molar-refractivity contribution in [2.45, 2.75) is 64.8 Å². The van der Waals surface area contributed by atoms with Crippen molar-refractivity contribution in [1.82, 2.24) is 4.90 Å². The van der Waals surface area contributed by atoms with Gasteiger partial charge in [-0.15, -0.1) is 0 Å². The van der Waals surface area contributed by atoms with Gasteiger partial charge in [-0.25, -0.2) is 4.79 Å². The largest absolute Gasteiger partial charge is 0.469 e. The molecule has 0 saturated heterocycles. The molecule has 0 N–H and O–H groups in total. The fourth-order valence-electron chi connectivity index (χ4n) is 6.66. The Bertz CT molecular complexity index is 1330. The molecular formula is C30H34Cl3NO5. The lowest BCUT2D eigenvalue weighted by Gasteiger charge is -2.51.